The van der Waals surface area contributed by atoms with Crippen LogP contribution >= 0.6 is 27.7 Å². The highest BCUT2D eigenvalue weighted by molar-refractivity contribution is 9.10. The molecule has 1 aromatic heterocycles. The molecule has 1 saturated heterocycles. The molecule has 150 valence electrons. The quantitative estimate of drug-likeness (QED) is 0.476. The number of carbonyl (C=O) groups is 1. The first kappa shape index (κ1) is 21.0. The highest BCUT2D eigenvalue weighted by Gasteiger charge is 2.18. The number of aromatic nitrogens is 3. The summed E-state index contributed by atoms with van der Waals surface area (Å²) in [5.41, 5.74) is 1.82. The van der Waals surface area contributed by atoms with Gasteiger partial charge in [0.25, 0.3) is 0 Å². The van der Waals surface area contributed by atoms with Crippen molar-refractivity contribution in [3.05, 3.63) is 46.7 Å². The number of nitrogens with one attached hydrogen (secondary N) is 1. The molecule has 1 aromatic carbocycles. The fraction of sp³-hybridized carbons (Fsp3) is 0.421. The highest BCUT2D eigenvalue weighted by atomic mass is 79.9. The van der Waals surface area contributed by atoms with Crippen molar-refractivity contribution in [2.45, 2.75) is 25.2 Å². The van der Waals surface area contributed by atoms with Crippen molar-refractivity contribution in [1.82, 2.24) is 19.7 Å². The van der Waals surface area contributed by atoms with Crippen LogP contribution in [0, 0.1) is 6.92 Å². The topological polar surface area (TPSA) is 72.3 Å². The molecule has 2 heterocycles. The number of rotatable bonds is 8. The second kappa shape index (κ2) is 10.2. The lowest BCUT2D eigenvalue weighted by Gasteiger charge is -2.26. The Morgan fingerprint density at radius 2 is 2.18 bits per heavy atom. The highest BCUT2D eigenvalue weighted by Crippen LogP contribution is 2.22. The summed E-state index contributed by atoms with van der Waals surface area (Å²) >= 11 is 4.81. The van der Waals surface area contributed by atoms with Crippen LogP contribution < -0.4 is 5.32 Å². The second-order valence-corrected chi connectivity index (χ2v) is 8.34. The van der Waals surface area contributed by atoms with Crippen LogP contribution in [0.1, 0.15) is 11.4 Å². The smallest absolute Gasteiger partial charge is 0.234 e. The van der Waals surface area contributed by atoms with Crippen molar-refractivity contribution in [3.63, 3.8) is 0 Å². The maximum Gasteiger partial charge on any atom is 0.234 e. The molecule has 0 aliphatic carbocycles. The van der Waals surface area contributed by atoms with Gasteiger partial charge in [0.2, 0.25) is 5.91 Å². The summed E-state index contributed by atoms with van der Waals surface area (Å²) in [6, 6.07) is 5.78. The average Bonchev–Trinajstić information content (AvgIpc) is 3.05. The van der Waals surface area contributed by atoms with Gasteiger partial charge in [0, 0.05) is 29.8 Å². The lowest BCUT2D eigenvalue weighted by molar-refractivity contribution is -0.113. The van der Waals surface area contributed by atoms with E-state index in [2.05, 4.69) is 42.9 Å². The number of aryl methyl sites for hydroxylation is 1. The van der Waals surface area contributed by atoms with E-state index in [-0.39, 0.29) is 11.7 Å². The zero-order valence-corrected chi connectivity index (χ0v) is 18.3. The van der Waals surface area contributed by atoms with Gasteiger partial charge in [-0.25, -0.2) is 0 Å². The molecule has 0 radical (unpaired) electrons. The van der Waals surface area contributed by atoms with Crippen LogP contribution in [0.2, 0.25) is 0 Å². The Morgan fingerprint density at radius 1 is 1.39 bits per heavy atom. The molecule has 0 atom stereocenters. The van der Waals surface area contributed by atoms with Gasteiger partial charge in [-0.1, -0.05) is 33.8 Å². The van der Waals surface area contributed by atoms with Crippen molar-refractivity contribution in [3.8, 4) is 0 Å². The largest absolute Gasteiger partial charge is 0.379 e. The number of hydrogen-bond acceptors (Lipinski definition) is 6. The zero-order valence-electron chi connectivity index (χ0n) is 15.9. The van der Waals surface area contributed by atoms with Crippen molar-refractivity contribution in [2.24, 2.45) is 0 Å². The van der Waals surface area contributed by atoms with Gasteiger partial charge in [0.05, 0.1) is 25.5 Å². The van der Waals surface area contributed by atoms with Gasteiger partial charge in [0.1, 0.15) is 5.82 Å². The first-order valence-electron chi connectivity index (χ1n) is 9.08. The molecule has 2 aromatic rings. The van der Waals surface area contributed by atoms with Crippen molar-refractivity contribution < 1.29 is 9.53 Å². The molecule has 3 rings (SSSR count). The molecule has 9 heteroatoms. The van der Waals surface area contributed by atoms with E-state index in [1.54, 1.807) is 0 Å². The summed E-state index contributed by atoms with van der Waals surface area (Å²) in [4.78, 5) is 14.7. The molecular formula is C19H24BrN5O2S. The van der Waals surface area contributed by atoms with Gasteiger partial charge in [-0.15, -0.1) is 16.8 Å². The van der Waals surface area contributed by atoms with E-state index in [4.69, 9.17) is 4.74 Å². The molecule has 0 bridgehead atoms. The number of benzene rings is 1. The van der Waals surface area contributed by atoms with Crippen LogP contribution in [0.4, 0.5) is 5.69 Å². The molecule has 1 aliphatic rings. The standard InChI is InChI=1S/C19H24BrN5O2S/c1-3-6-25-17(12-24-7-9-27-10-8-24)22-23-19(25)28-13-18(26)21-16-5-4-15(20)11-14(16)2/h3-5,11H,1,6-10,12-13H2,2H3,(H,21,26). The summed E-state index contributed by atoms with van der Waals surface area (Å²) in [5, 5.41) is 12.3. The predicted octanol–water partition coefficient (Wildman–Crippen LogP) is 3.10. The summed E-state index contributed by atoms with van der Waals surface area (Å²) in [6.07, 6.45) is 1.82. The SMILES string of the molecule is C=CCn1c(CN2CCOCC2)nnc1SCC(=O)Nc1ccc(Br)cc1C. The maximum absolute atomic E-state index is 12.4. The minimum atomic E-state index is -0.0710. The Labute approximate surface area is 177 Å². The number of hydrogen-bond donors (Lipinski definition) is 1. The Bertz CT molecular complexity index is 836. The number of anilines is 1. The molecule has 0 saturated carbocycles. The molecule has 7 nitrogen and oxygen atoms in total. The van der Waals surface area contributed by atoms with E-state index >= 15 is 0 Å². The van der Waals surface area contributed by atoms with Crippen LogP contribution in [-0.4, -0.2) is 57.6 Å². The third-order valence-corrected chi connectivity index (χ3v) is 5.83. The average molecular weight is 466 g/mol. The monoisotopic (exact) mass is 465 g/mol. The van der Waals surface area contributed by atoms with Crippen LogP contribution in [-0.2, 0) is 22.6 Å². The molecule has 0 unspecified atom stereocenters. The number of thioether (sulfide) groups is 1. The van der Waals surface area contributed by atoms with Crippen LogP contribution in [0.3, 0.4) is 0 Å². The van der Waals surface area contributed by atoms with Crippen molar-refractivity contribution in [2.75, 3.05) is 37.4 Å². The number of nitrogens with zero attached hydrogens (tertiary/aromatic N) is 4. The van der Waals surface area contributed by atoms with E-state index in [1.165, 1.54) is 11.8 Å². The Balaban J connectivity index is 1.61. The summed E-state index contributed by atoms with van der Waals surface area (Å²) in [7, 11) is 0. The van der Waals surface area contributed by atoms with Gasteiger partial charge in [-0.2, -0.15) is 0 Å². The summed E-state index contributed by atoms with van der Waals surface area (Å²) < 4.78 is 8.40. The van der Waals surface area contributed by atoms with E-state index in [0.717, 1.165) is 59.6 Å². The van der Waals surface area contributed by atoms with E-state index in [9.17, 15) is 4.79 Å². The first-order chi connectivity index (χ1) is 13.6. The number of allylic oxidation sites excluding steroid dienone is 1. The van der Waals surface area contributed by atoms with Crippen LogP contribution in [0.15, 0.2) is 40.5 Å². The Hall–Kier alpha value is -1.68. The van der Waals surface area contributed by atoms with Gasteiger partial charge in [-0.05, 0) is 30.7 Å². The number of ether oxygens (including phenoxy) is 1. The molecule has 1 fully saturated rings. The zero-order chi connectivity index (χ0) is 19.9. The van der Waals surface area contributed by atoms with Crippen molar-refractivity contribution >= 4 is 39.3 Å². The number of halogens is 1. The number of amides is 1. The van der Waals surface area contributed by atoms with Crippen LogP contribution in [0.5, 0.6) is 0 Å². The maximum atomic E-state index is 12.4. The molecule has 28 heavy (non-hydrogen) atoms. The third-order valence-electron chi connectivity index (χ3n) is 4.37. The Morgan fingerprint density at radius 3 is 2.89 bits per heavy atom. The minimum absolute atomic E-state index is 0.0710. The summed E-state index contributed by atoms with van der Waals surface area (Å²) in [6.45, 7) is 10.4. The predicted molar refractivity (Wildman–Crippen MR) is 115 cm³/mol. The first-order valence-corrected chi connectivity index (χ1v) is 10.9. The van der Waals surface area contributed by atoms with Gasteiger partial charge in [0.15, 0.2) is 5.16 Å². The fourth-order valence-electron chi connectivity index (χ4n) is 2.90. The van der Waals surface area contributed by atoms with Crippen molar-refractivity contribution in [1.29, 1.82) is 0 Å². The lowest BCUT2D eigenvalue weighted by Crippen LogP contribution is -2.36. The van der Waals surface area contributed by atoms with E-state index in [1.807, 2.05) is 35.8 Å². The van der Waals surface area contributed by atoms with Gasteiger partial charge >= 0.3 is 0 Å². The third kappa shape index (κ3) is 5.66. The summed E-state index contributed by atoms with van der Waals surface area (Å²) in [5.74, 6) is 1.08. The van der Waals surface area contributed by atoms with Crippen LogP contribution in [0.25, 0.3) is 0 Å². The minimum Gasteiger partial charge on any atom is -0.379 e. The van der Waals surface area contributed by atoms with E-state index < -0.39 is 0 Å². The molecule has 1 amide bonds. The second-order valence-electron chi connectivity index (χ2n) is 6.48. The Kier molecular flexibility index (Phi) is 7.66. The molecule has 1 aliphatic heterocycles. The number of carbonyl (C=O) groups excluding carboxylic acids is 1. The fourth-order valence-corrected chi connectivity index (χ4v) is 4.14. The van der Waals surface area contributed by atoms with E-state index in [0.29, 0.717) is 6.54 Å². The molecule has 1 N–H and O–H groups in total. The van der Waals surface area contributed by atoms with Gasteiger partial charge < -0.3 is 14.6 Å². The van der Waals surface area contributed by atoms with Gasteiger partial charge in [-0.3, -0.25) is 9.69 Å². The lowest BCUT2D eigenvalue weighted by atomic mass is 10.2. The molecule has 0 spiro atoms. The normalized spacial score (nSPS) is 14.8. The molecular weight excluding hydrogens is 442 g/mol. The number of morpholine rings is 1.